The molecule has 2 aromatic rings. The Labute approximate surface area is 158 Å². The Hall–Kier alpha value is -2.90. The summed E-state index contributed by atoms with van der Waals surface area (Å²) >= 11 is 0. The molecule has 2 N–H and O–H groups in total. The number of aryl methyl sites for hydroxylation is 1. The number of hydrogen-bond acceptors (Lipinski definition) is 6. The van der Waals surface area contributed by atoms with Gasteiger partial charge >= 0.3 is 12.1 Å². The Morgan fingerprint density at radius 3 is 2.33 bits per heavy atom. The summed E-state index contributed by atoms with van der Waals surface area (Å²) in [6.07, 6.45) is -1.41. The standard InChI is InChI=1S/C20H24N2O5/c1-13-5-7-14(8-6-13)19(24)26-18-11-15(16(23)12-21-2)9-10-17(18)27-20(25)22(3)4/h5-11,16,21,23H,12H2,1-4H3. The fourth-order valence-corrected chi connectivity index (χ4v) is 2.24. The SMILES string of the molecule is CNCC(O)c1ccc(OC(=O)N(C)C)c(OC(=O)c2ccc(C)cc2)c1. The molecule has 0 fully saturated rings. The van der Waals surface area contributed by atoms with Crippen molar-refractivity contribution in [2.75, 3.05) is 27.7 Å². The summed E-state index contributed by atoms with van der Waals surface area (Å²) in [6.45, 7) is 2.24. The van der Waals surface area contributed by atoms with Gasteiger partial charge < -0.3 is 24.8 Å². The molecule has 1 amide bonds. The summed E-state index contributed by atoms with van der Waals surface area (Å²) in [5, 5.41) is 13.0. The zero-order valence-electron chi connectivity index (χ0n) is 15.9. The van der Waals surface area contributed by atoms with Gasteiger partial charge in [0.2, 0.25) is 0 Å². The zero-order chi connectivity index (χ0) is 20.0. The molecule has 7 nitrogen and oxygen atoms in total. The van der Waals surface area contributed by atoms with Crippen LogP contribution in [0.5, 0.6) is 11.5 Å². The highest BCUT2D eigenvalue weighted by atomic mass is 16.6. The van der Waals surface area contributed by atoms with Crippen molar-refractivity contribution in [2.45, 2.75) is 13.0 Å². The van der Waals surface area contributed by atoms with Crippen molar-refractivity contribution < 1.29 is 24.2 Å². The first-order valence-corrected chi connectivity index (χ1v) is 8.46. The second-order valence-electron chi connectivity index (χ2n) is 6.30. The van der Waals surface area contributed by atoms with Crippen LogP contribution in [0.3, 0.4) is 0 Å². The molecule has 27 heavy (non-hydrogen) atoms. The van der Waals surface area contributed by atoms with E-state index >= 15 is 0 Å². The van der Waals surface area contributed by atoms with Crippen molar-refractivity contribution in [3.8, 4) is 11.5 Å². The number of rotatable bonds is 6. The first-order valence-electron chi connectivity index (χ1n) is 8.46. The molecule has 1 atom stereocenters. The minimum absolute atomic E-state index is 0.0587. The molecule has 0 spiro atoms. The lowest BCUT2D eigenvalue weighted by atomic mass is 10.1. The van der Waals surface area contributed by atoms with Crippen LogP contribution in [0, 0.1) is 6.92 Å². The molecule has 0 saturated carbocycles. The number of ether oxygens (including phenoxy) is 2. The van der Waals surface area contributed by atoms with Crippen molar-refractivity contribution in [2.24, 2.45) is 0 Å². The Balaban J connectivity index is 2.33. The normalized spacial score (nSPS) is 11.6. The number of hydrogen-bond donors (Lipinski definition) is 2. The van der Waals surface area contributed by atoms with E-state index in [1.165, 1.54) is 17.0 Å². The zero-order valence-corrected chi connectivity index (χ0v) is 15.9. The molecule has 0 aliphatic heterocycles. The third kappa shape index (κ3) is 5.54. The molecular formula is C20H24N2O5. The van der Waals surface area contributed by atoms with Crippen LogP contribution >= 0.6 is 0 Å². The molecule has 0 heterocycles. The van der Waals surface area contributed by atoms with Gasteiger partial charge in [-0.15, -0.1) is 0 Å². The summed E-state index contributed by atoms with van der Waals surface area (Å²) in [6, 6.07) is 11.5. The maximum Gasteiger partial charge on any atom is 0.414 e. The second kappa shape index (κ2) is 9.16. The Bertz CT molecular complexity index is 803. The average Bonchev–Trinajstić information content (AvgIpc) is 2.63. The van der Waals surface area contributed by atoms with Crippen LogP contribution in [0.15, 0.2) is 42.5 Å². The summed E-state index contributed by atoms with van der Waals surface area (Å²) in [7, 11) is 4.81. The first-order chi connectivity index (χ1) is 12.8. The predicted molar refractivity (Wildman–Crippen MR) is 101 cm³/mol. The molecule has 7 heteroatoms. The summed E-state index contributed by atoms with van der Waals surface area (Å²) in [5.74, 6) is -0.435. The van der Waals surface area contributed by atoms with E-state index in [0.717, 1.165) is 5.56 Å². The van der Waals surface area contributed by atoms with Crippen molar-refractivity contribution in [1.82, 2.24) is 10.2 Å². The largest absolute Gasteiger partial charge is 0.419 e. The van der Waals surface area contributed by atoms with Gasteiger partial charge in [0, 0.05) is 20.6 Å². The fraction of sp³-hybridized carbons (Fsp3) is 0.300. The van der Waals surface area contributed by atoms with E-state index in [1.807, 2.05) is 6.92 Å². The number of esters is 1. The molecule has 0 saturated heterocycles. The van der Waals surface area contributed by atoms with Gasteiger partial charge in [-0.1, -0.05) is 23.8 Å². The van der Waals surface area contributed by atoms with E-state index in [2.05, 4.69) is 5.32 Å². The van der Waals surface area contributed by atoms with Crippen molar-refractivity contribution in [1.29, 1.82) is 0 Å². The van der Waals surface area contributed by atoms with Gasteiger partial charge in [-0.3, -0.25) is 0 Å². The summed E-state index contributed by atoms with van der Waals surface area (Å²) in [5.41, 5.74) is 1.91. The van der Waals surface area contributed by atoms with Crippen LogP contribution < -0.4 is 14.8 Å². The molecule has 1 unspecified atom stereocenters. The van der Waals surface area contributed by atoms with Crippen LogP contribution in [0.2, 0.25) is 0 Å². The molecule has 2 aromatic carbocycles. The Morgan fingerprint density at radius 2 is 1.74 bits per heavy atom. The van der Waals surface area contributed by atoms with Crippen LogP contribution in [-0.2, 0) is 0 Å². The van der Waals surface area contributed by atoms with Gasteiger partial charge in [-0.2, -0.15) is 0 Å². The van der Waals surface area contributed by atoms with E-state index in [9.17, 15) is 14.7 Å². The number of carbonyl (C=O) groups is 2. The third-order valence-corrected chi connectivity index (χ3v) is 3.80. The number of carbonyl (C=O) groups excluding carboxylic acids is 2. The van der Waals surface area contributed by atoms with E-state index < -0.39 is 18.2 Å². The Kier molecular flexibility index (Phi) is 6.92. The molecule has 2 rings (SSSR count). The van der Waals surface area contributed by atoms with Gasteiger partial charge in [0.25, 0.3) is 0 Å². The van der Waals surface area contributed by atoms with Crippen LogP contribution in [-0.4, -0.2) is 49.8 Å². The van der Waals surface area contributed by atoms with Gasteiger partial charge in [-0.25, -0.2) is 9.59 Å². The lowest BCUT2D eigenvalue weighted by Gasteiger charge is -2.16. The number of benzene rings is 2. The molecule has 0 aliphatic carbocycles. The van der Waals surface area contributed by atoms with Gasteiger partial charge in [-0.05, 0) is 43.8 Å². The van der Waals surface area contributed by atoms with E-state index in [-0.39, 0.29) is 11.5 Å². The highest BCUT2D eigenvalue weighted by Crippen LogP contribution is 2.31. The molecule has 0 radical (unpaired) electrons. The smallest absolute Gasteiger partial charge is 0.414 e. The predicted octanol–water partition coefficient (Wildman–Crippen LogP) is 2.53. The average molecular weight is 372 g/mol. The molecule has 0 aliphatic rings. The molecule has 0 bridgehead atoms. The van der Waals surface area contributed by atoms with E-state index in [4.69, 9.17) is 9.47 Å². The van der Waals surface area contributed by atoms with E-state index in [1.54, 1.807) is 51.5 Å². The monoisotopic (exact) mass is 372 g/mol. The van der Waals surface area contributed by atoms with Crippen LogP contribution in [0.4, 0.5) is 4.79 Å². The first kappa shape index (κ1) is 20.4. The lowest BCUT2D eigenvalue weighted by molar-refractivity contribution is 0.0727. The van der Waals surface area contributed by atoms with Crippen LogP contribution in [0.25, 0.3) is 0 Å². The number of nitrogens with zero attached hydrogens (tertiary/aromatic N) is 1. The maximum absolute atomic E-state index is 12.5. The summed E-state index contributed by atoms with van der Waals surface area (Å²) in [4.78, 5) is 25.6. The van der Waals surface area contributed by atoms with Crippen molar-refractivity contribution in [3.63, 3.8) is 0 Å². The van der Waals surface area contributed by atoms with E-state index in [0.29, 0.717) is 17.7 Å². The fourth-order valence-electron chi connectivity index (χ4n) is 2.24. The van der Waals surface area contributed by atoms with Gasteiger partial charge in [0.05, 0.1) is 11.7 Å². The van der Waals surface area contributed by atoms with Crippen molar-refractivity contribution in [3.05, 3.63) is 59.2 Å². The molecule has 144 valence electrons. The minimum atomic E-state index is -0.801. The van der Waals surface area contributed by atoms with Gasteiger partial charge in [0.1, 0.15) is 0 Å². The van der Waals surface area contributed by atoms with Crippen molar-refractivity contribution >= 4 is 12.1 Å². The van der Waals surface area contributed by atoms with Gasteiger partial charge in [0.15, 0.2) is 11.5 Å². The highest BCUT2D eigenvalue weighted by molar-refractivity contribution is 5.91. The third-order valence-electron chi connectivity index (χ3n) is 3.80. The summed E-state index contributed by atoms with van der Waals surface area (Å²) < 4.78 is 10.7. The van der Waals surface area contributed by atoms with Crippen LogP contribution in [0.1, 0.15) is 27.6 Å². The number of aliphatic hydroxyl groups excluding tert-OH is 1. The minimum Gasteiger partial charge on any atom is -0.419 e. The molecule has 0 aromatic heterocycles. The number of likely N-dealkylation sites (N-methyl/N-ethyl adjacent to an activating group) is 1. The second-order valence-corrected chi connectivity index (χ2v) is 6.30. The quantitative estimate of drug-likeness (QED) is 0.598. The molecular weight excluding hydrogens is 348 g/mol. The maximum atomic E-state index is 12.5. The lowest BCUT2D eigenvalue weighted by Crippen LogP contribution is -2.25. The Morgan fingerprint density at radius 1 is 1.07 bits per heavy atom. The number of amides is 1. The number of aliphatic hydroxyl groups is 1. The highest BCUT2D eigenvalue weighted by Gasteiger charge is 2.18. The number of nitrogens with one attached hydrogen (secondary N) is 1. The topological polar surface area (TPSA) is 88.1 Å².